The lowest BCUT2D eigenvalue weighted by Gasteiger charge is -2.23. The molecule has 0 spiro atoms. The highest BCUT2D eigenvalue weighted by Crippen LogP contribution is 2.18. The first-order chi connectivity index (χ1) is 7.60. The summed E-state index contributed by atoms with van der Waals surface area (Å²) in [5, 5.41) is 2.79. The van der Waals surface area contributed by atoms with E-state index in [0.29, 0.717) is 0 Å². The van der Waals surface area contributed by atoms with Gasteiger partial charge in [0.2, 0.25) is 0 Å². The van der Waals surface area contributed by atoms with Gasteiger partial charge in [-0.05, 0) is 19.1 Å². The molecular formula is C11H15F2NO2. The second kappa shape index (κ2) is 5.77. The number of hydrogen-bond donors (Lipinski definition) is 1. The summed E-state index contributed by atoms with van der Waals surface area (Å²) in [7, 11) is 2.96. The molecule has 0 amide bonds. The molecule has 0 aromatic heterocycles. The van der Waals surface area contributed by atoms with Gasteiger partial charge in [-0.25, -0.2) is 8.78 Å². The molecule has 1 atom stereocenters. The molecule has 0 heterocycles. The minimum atomic E-state index is -0.902. The van der Waals surface area contributed by atoms with Gasteiger partial charge in [-0.1, -0.05) is 6.07 Å². The van der Waals surface area contributed by atoms with E-state index in [2.05, 4.69) is 5.32 Å². The number of hydrogen-bond acceptors (Lipinski definition) is 3. The van der Waals surface area contributed by atoms with Gasteiger partial charge < -0.3 is 14.8 Å². The third-order valence-corrected chi connectivity index (χ3v) is 2.21. The molecule has 16 heavy (non-hydrogen) atoms. The maximum Gasteiger partial charge on any atom is 0.181 e. The van der Waals surface area contributed by atoms with E-state index in [1.54, 1.807) is 6.92 Å². The Morgan fingerprint density at radius 2 is 1.81 bits per heavy atom. The van der Waals surface area contributed by atoms with Gasteiger partial charge in [0.1, 0.15) is 0 Å². The van der Waals surface area contributed by atoms with E-state index in [9.17, 15) is 8.78 Å². The van der Waals surface area contributed by atoms with Crippen molar-refractivity contribution in [2.24, 2.45) is 0 Å². The van der Waals surface area contributed by atoms with E-state index in [1.807, 2.05) is 0 Å². The number of nitrogens with one attached hydrogen (secondary N) is 1. The lowest BCUT2D eigenvalue weighted by Crippen LogP contribution is -2.34. The lowest BCUT2D eigenvalue weighted by atomic mass is 10.2. The van der Waals surface area contributed by atoms with Crippen LogP contribution in [0.25, 0.3) is 0 Å². The Hall–Kier alpha value is -1.20. The van der Waals surface area contributed by atoms with E-state index < -0.39 is 17.9 Å². The van der Waals surface area contributed by atoms with Gasteiger partial charge in [0, 0.05) is 14.2 Å². The molecule has 0 aliphatic heterocycles. The van der Waals surface area contributed by atoms with Crippen LogP contribution in [0.5, 0.6) is 0 Å². The van der Waals surface area contributed by atoms with Crippen molar-refractivity contribution in [1.82, 2.24) is 0 Å². The highest BCUT2D eigenvalue weighted by Gasteiger charge is 2.17. The van der Waals surface area contributed by atoms with Gasteiger partial charge in [-0.3, -0.25) is 0 Å². The van der Waals surface area contributed by atoms with E-state index in [1.165, 1.54) is 26.4 Å². The van der Waals surface area contributed by atoms with Crippen LogP contribution in [0.3, 0.4) is 0 Å². The summed E-state index contributed by atoms with van der Waals surface area (Å²) >= 11 is 0. The number of halogens is 2. The molecule has 0 radical (unpaired) electrons. The number of rotatable bonds is 5. The van der Waals surface area contributed by atoms with Crippen molar-refractivity contribution in [2.75, 3.05) is 19.5 Å². The number of anilines is 1. The average Bonchev–Trinajstić information content (AvgIpc) is 2.26. The zero-order chi connectivity index (χ0) is 12.1. The summed E-state index contributed by atoms with van der Waals surface area (Å²) in [6.07, 6.45) is -0.525. The second-order valence-corrected chi connectivity index (χ2v) is 3.37. The standard InChI is InChI=1S/C11H15F2NO2/c1-7(11(15-2)16-3)14-9-6-4-5-8(12)10(9)13/h4-7,11,14H,1-3H3. The van der Waals surface area contributed by atoms with Crippen LogP contribution in [-0.4, -0.2) is 26.6 Å². The van der Waals surface area contributed by atoms with Gasteiger partial charge >= 0.3 is 0 Å². The molecule has 5 heteroatoms. The minimum Gasteiger partial charge on any atom is -0.375 e. The average molecular weight is 231 g/mol. The Morgan fingerprint density at radius 3 is 2.38 bits per heavy atom. The summed E-state index contributed by atoms with van der Waals surface area (Å²) in [6, 6.07) is 3.65. The summed E-state index contributed by atoms with van der Waals surface area (Å²) in [4.78, 5) is 0. The van der Waals surface area contributed by atoms with Crippen molar-refractivity contribution < 1.29 is 18.3 Å². The van der Waals surface area contributed by atoms with Crippen LogP contribution < -0.4 is 5.32 Å². The van der Waals surface area contributed by atoms with Crippen LogP contribution in [-0.2, 0) is 9.47 Å². The van der Waals surface area contributed by atoms with Gasteiger partial charge in [0.15, 0.2) is 17.9 Å². The lowest BCUT2D eigenvalue weighted by molar-refractivity contribution is -0.109. The van der Waals surface area contributed by atoms with Gasteiger partial charge in [-0.15, -0.1) is 0 Å². The van der Waals surface area contributed by atoms with Gasteiger partial charge in [0.05, 0.1) is 11.7 Å². The molecule has 0 aliphatic rings. The summed E-state index contributed by atoms with van der Waals surface area (Å²) in [6.45, 7) is 1.75. The van der Waals surface area contributed by atoms with E-state index in [-0.39, 0.29) is 11.7 Å². The van der Waals surface area contributed by atoms with Crippen molar-refractivity contribution >= 4 is 5.69 Å². The van der Waals surface area contributed by atoms with Crippen LogP contribution in [0.4, 0.5) is 14.5 Å². The molecule has 0 saturated carbocycles. The predicted molar refractivity (Wildman–Crippen MR) is 57.2 cm³/mol. The predicted octanol–water partition coefficient (Wildman–Crippen LogP) is 2.38. The molecule has 1 aromatic carbocycles. The first-order valence-electron chi connectivity index (χ1n) is 4.86. The molecule has 1 rings (SSSR count). The number of benzene rings is 1. The molecule has 0 saturated heterocycles. The van der Waals surface area contributed by atoms with E-state index in [0.717, 1.165) is 6.07 Å². The van der Waals surface area contributed by atoms with E-state index in [4.69, 9.17) is 9.47 Å². The van der Waals surface area contributed by atoms with Crippen LogP contribution in [0.1, 0.15) is 6.92 Å². The number of methoxy groups -OCH3 is 2. The first-order valence-corrected chi connectivity index (χ1v) is 4.86. The monoisotopic (exact) mass is 231 g/mol. The fourth-order valence-electron chi connectivity index (χ4n) is 1.43. The third kappa shape index (κ3) is 2.90. The van der Waals surface area contributed by atoms with Crippen molar-refractivity contribution in [3.8, 4) is 0 Å². The molecule has 1 unspecified atom stereocenters. The third-order valence-electron chi connectivity index (χ3n) is 2.21. The summed E-state index contributed by atoms with van der Waals surface area (Å²) in [5.74, 6) is -1.79. The topological polar surface area (TPSA) is 30.5 Å². The quantitative estimate of drug-likeness (QED) is 0.789. The SMILES string of the molecule is COC(OC)C(C)Nc1cccc(F)c1F. The molecule has 0 bridgehead atoms. The largest absolute Gasteiger partial charge is 0.375 e. The van der Waals surface area contributed by atoms with Gasteiger partial charge in [0.25, 0.3) is 0 Å². The Bertz CT molecular complexity index is 343. The van der Waals surface area contributed by atoms with Crippen LogP contribution in [0.15, 0.2) is 18.2 Å². The normalized spacial score (nSPS) is 12.9. The molecule has 90 valence electrons. The Labute approximate surface area is 93.4 Å². The molecule has 0 fully saturated rings. The van der Waals surface area contributed by atoms with Crippen molar-refractivity contribution in [1.29, 1.82) is 0 Å². The smallest absolute Gasteiger partial charge is 0.181 e. The zero-order valence-corrected chi connectivity index (χ0v) is 9.46. The molecule has 1 N–H and O–H groups in total. The van der Waals surface area contributed by atoms with Crippen molar-refractivity contribution in [2.45, 2.75) is 19.3 Å². The Balaban J connectivity index is 2.76. The minimum absolute atomic E-state index is 0.0894. The summed E-state index contributed by atoms with van der Waals surface area (Å²) < 4.78 is 36.2. The maximum atomic E-state index is 13.3. The van der Waals surface area contributed by atoms with Crippen molar-refractivity contribution in [3.63, 3.8) is 0 Å². The molecular weight excluding hydrogens is 216 g/mol. The van der Waals surface area contributed by atoms with Crippen LogP contribution >= 0.6 is 0 Å². The number of ether oxygens (including phenoxy) is 2. The van der Waals surface area contributed by atoms with Gasteiger partial charge in [-0.2, -0.15) is 0 Å². The van der Waals surface area contributed by atoms with Crippen LogP contribution in [0.2, 0.25) is 0 Å². The van der Waals surface area contributed by atoms with Crippen molar-refractivity contribution in [3.05, 3.63) is 29.8 Å². The summed E-state index contributed by atoms with van der Waals surface area (Å²) in [5.41, 5.74) is 0.0894. The molecule has 3 nitrogen and oxygen atoms in total. The van der Waals surface area contributed by atoms with Crippen LogP contribution in [0, 0.1) is 11.6 Å². The van der Waals surface area contributed by atoms with E-state index >= 15 is 0 Å². The Kier molecular flexibility index (Phi) is 4.64. The fraction of sp³-hybridized carbons (Fsp3) is 0.455. The highest BCUT2D eigenvalue weighted by molar-refractivity contribution is 5.45. The molecule has 1 aromatic rings. The maximum absolute atomic E-state index is 13.3. The zero-order valence-electron chi connectivity index (χ0n) is 9.46. The highest BCUT2D eigenvalue weighted by atomic mass is 19.2. The second-order valence-electron chi connectivity index (χ2n) is 3.37. The fourth-order valence-corrected chi connectivity index (χ4v) is 1.43. The first kappa shape index (κ1) is 12.9. The molecule has 0 aliphatic carbocycles. The Morgan fingerprint density at radius 1 is 1.19 bits per heavy atom.